The molecule has 0 aromatic heterocycles. The molecule has 0 bridgehead atoms. The Morgan fingerprint density at radius 1 is 0.316 bits per heavy atom. The van der Waals surface area contributed by atoms with Gasteiger partial charge in [0.05, 0.1) is 35.8 Å². The fraction of sp³-hybridized carbons (Fsp3) is 0. The molecule has 0 saturated heterocycles. The van der Waals surface area contributed by atoms with Crippen LogP contribution in [0.15, 0.2) is 72.8 Å². The van der Waals surface area contributed by atoms with Gasteiger partial charge in [-0.05, 0) is 0 Å². The van der Waals surface area contributed by atoms with Gasteiger partial charge in [0.25, 0.3) is 0 Å². The average Bonchev–Trinajstić information content (AvgIpc) is 2.84. The Labute approximate surface area is 235 Å². The Morgan fingerprint density at radius 2 is 0.421 bits per heavy atom. The van der Waals surface area contributed by atoms with Crippen molar-refractivity contribution < 1.29 is 93.5 Å². The van der Waals surface area contributed by atoms with E-state index < -0.39 is 35.8 Å². The molecular weight excluding hydrogens is 592 g/mol. The maximum atomic E-state index is 10.3. The molecule has 2 radical (unpaired) electrons. The molecule has 0 aliphatic carbocycles. The Hall–Kier alpha value is -4.48. The number of benzene rings is 3. The van der Waals surface area contributed by atoms with E-state index in [1.165, 1.54) is 36.4 Å². The fourth-order valence-electron chi connectivity index (χ4n) is 2.52. The van der Waals surface area contributed by atoms with E-state index in [-0.39, 0.29) is 67.5 Å². The number of hydrogen-bond acceptors (Lipinski definition) is 12. The number of carbonyl (C=O) groups excluding carboxylic acids is 6. The quantitative estimate of drug-likeness (QED) is 0.241. The molecule has 196 valence electrons. The number of rotatable bonds is 6. The first kappa shape index (κ1) is 35.7. The van der Waals surface area contributed by atoms with Gasteiger partial charge >= 0.3 is 34.1 Å². The van der Waals surface area contributed by atoms with Crippen molar-refractivity contribution in [2.45, 2.75) is 0 Å². The van der Waals surface area contributed by atoms with Crippen LogP contribution in [0, 0.1) is 0 Å². The van der Waals surface area contributed by atoms with Crippen LogP contribution in [0.1, 0.15) is 62.1 Å². The van der Waals surface area contributed by atoms with Crippen molar-refractivity contribution in [3.8, 4) is 0 Å². The van der Waals surface area contributed by atoms with Crippen molar-refractivity contribution in [2.24, 2.45) is 0 Å². The van der Waals surface area contributed by atoms with Gasteiger partial charge in [0.1, 0.15) is 0 Å². The topological polar surface area (TPSA) is 241 Å². The molecule has 0 saturated carbocycles. The molecule has 0 spiro atoms. The minimum atomic E-state index is -1.52. The van der Waals surface area contributed by atoms with Crippen molar-refractivity contribution in [3.63, 3.8) is 0 Å². The first-order chi connectivity index (χ1) is 16.9. The van der Waals surface area contributed by atoms with Crippen LogP contribution in [-0.2, 0) is 34.1 Å². The third-order valence-electron chi connectivity index (χ3n) is 4.10. The first-order valence-corrected chi connectivity index (χ1v) is 9.43. The Kier molecular flexibility index (Phi) is 16.0. The largest absolute Gasteiger partial charge is 3.00 e. The summed E-state index contributed by atoms with van der Waals surface area (Å²) >= 11 is 0. The zero-order valence-corrected chi connectivity index (χ0v) is 20.7. The molecule has 0 N–H and O–H groups in total. The maximum absolute atomic E-state index is 10.3. The Bertz CT molecular complexity index is 1060. The predicted octanol–water partition coefficient (Wildman–Crippen LogP) is -4.76. The molecule has 3 aromatic rings. The van der Waals surface area contributed by atoms with E-state index in [1.54, 1.807) is 0 Å². The number of hydrogen-bond donors (Lipinski definition) is 0. The number of carboxylic acid groups (broad SMARTS) is 6. The second-order valence-corrected chi connectivity index (χ2v) is 6.36. The van der Waals surface area contributed by atoms with E-state index in [9.17, 15) is 59.4 Å². The van der Waals surface area contributed by atoms with Crippen molar-refractivity contribution >= 4 is 35.8 Å². The molecule has 0 atom stereocenters. The van der Waals surface area contributed by atoms with Gasteiger partial charge in [0.2, 0.25) is 0 Å². The summed E-state index contributed by atoms with van der Waals surface area (Å²) in [4.78, 5) is 61.9. The normalized spacial score (nSPS) is 8.84. The molecule has 0 unspecified atom stereocenters. The van der Waals surface area contributed by atoms with Gasteiger partial charge in [-0.2, -0.15) is 0 Å². The van der Waals surface area contributed by atoms with Crippen LogP contribution >= 0.6 is 0 Å². The zero-order chi connectivity index (χ0) is 27.4. The Morgan fingerprint density at radius 3 is 0.500 bits per heavy atom. The van der Waals surface area contributed by atoms with Gasteiger partial charge in [-0.1, -0.05) is 72.8 Å². The van der Waals surface area contributed by atoms with Crippen molar-refractivity contribution in [3.05, 3.63) is 106 Å². The van der Waals surface area contributed by atoms with E-state index in [2.05, 4.69) is 0 Å². The molecular formula is C24H12Fe2O12. The number of aromatic carboxylic acids is 6. The molecule has 0 amide bonds. The van der Waals surface area contributed by atoms with E-state index in [0.29, 0.717) is 0 Å². The van der Waals surface area contributed by atoms with Crippen molar-refractivity contribution in [1.82, 2.24) is 0 Å². The molecule has 14 heteroatoms. The maximum Gasteiger partial charge on any atom is 3.00 e. The van der Waals surface area contributed by atoms with Crippen molar-refractivity contribution in [2.75, 3.05) is 0 Å². The monoisotopic (exact) mass is 604 g/mol. The van der Waals surface area contributed by atoms with Crippen LogP contribution in [0.4, 0.5) is 0 Å². The van der Waals surface area contributed by atoms with Crippen LogP contribution in [0.2, 0.25) is 0 Å². The molecule has 0 fully saturated rings. The minimum Gasteiger partial charge on any atom is -0.545 e. The summed E-state index contributed by atoms with van der Waals surface area (Å²) in [5.41, 5.74) is -2.18. The summed E-state index contributed by atoms with van der Waals surface area (Å²) in [6.07, 6.45) is 0. The fourth-order valence-corrected chi connectivity index (χ4v) is 2.52. The van der Waals surface area contributed by atoms with Crippen LogP contribution in [0.5, 0.6) is 0 Å². The smallest absolute Gasteiger partial charge is 0.545 e. The van der Waals surface area contributed by atoms with Crippen LogP contribution in [0.25, 0.3) is 0 Å². The van der Waals surface area contributed by atoms with Crippen LogP contribution < -0.4 is 30.6 Å². The summed E-state index contributed by atoms with van der Waals surface area (Å²) in [6.45, 7) is 0. The number of carbonyl (C=O) groups is 6. The summed E-state index contributed by atoms with van der Waals surface area (Å²) in [6, 6.07) is 15.4. The number of carboxylic acids is 6. The van der Waals surface area contributed by atoms with E-state index >= 15 is 0 Å². The van der Waals surface area contributed by atoms with Crippen LogP contribution in [-0.4, -0.2) is 35.8 Å². The Balaban J connectivity index is 0. The molecule has 12 nitrogen and oxygen atoms in total. The molecule has 3 rings (SSSR count). The van der Waals surface area contributed by atoms with E-state index in [4.69, 9.17) is 0 Å². The summed E-state index contributed by atoms with van der Waals surface area (Å²) in [7, 11) is 0. The summed E-state index contributed by atoms with van der Waals surface area (Å²) < 4.78 is 0. The standard InChI is InChI=1S/3C8H6O4.2Fe/c3*9-7(10)5-3-1-2-4-6(5)8(11)12;;/h3*1-4H,(H,9,10)(H,11,12);;/q;;;2*+3/p-6. The van der Waals surface area contributed by atoms with Gasteiger partial charge in [0, 0.05) is 33.4 Å². The van der Waals surface area contributed by atoms with E-state index in [0.717, 1.165) is 36.4 Å². The van der Waals surface area contributed by atoms with Gasteiger partial charge < -0.3 is 59.4 Å². The minimum absolute atomic E-state index is 0. The molecule has 0 aliphatic heterocycles. The summed E-state index contributed by atoms with van der Waals surface area (Å²) in [5, 5.41) is 61.9. The molecule has 0 heterocycles. The molecule has 0 aliphatic rings. The second-order valence-electron chi connectivity index (χ2n) is 6.36. The van der Waals surface area contributed by atoms with Crippen LogP contribution in [0.3, 0.4) is 0 Å². The van der Waals surface area contributed by atoms with Gasteiger partial charge in [-0.15, -0.1) is 0 Å². The van der Waals surface area contributed by atoms with Gasteiger partial charge in [-0.25, -0.2) is 0 Å². The molecule has 3 aromatic carbocycles. The average molecular weight is 604 g/mol. The SMILES string of the molecule is O=C([O-])c1ccccc1C(=O)[O-].O=C([O-])c1ccccc1C(=O)[O-].O=C([O-])c1ccccc1C(=O)[O-].[Fe+3].[Fe+3]. The molecule has 38 heavy (non-hydrogen) atoms. The summed E-state index contributed by atoms with van der Waals surface area (Å²) in [5.74, 6) is -9.11. The van der Waals surface area contributed by atoms with E-state index in [1.807, 2.05) is 0 Å². The van der Waals surface area contributed by atoms with Crippen molar-refractivity contribution in [1.29, 1.82) is 0 Å². The first-order valence-electron chi connectivity index (χ1n) is 9.43. The van der Waals surface area contributed by atoms with Gasteiger partial charge in [0.15, 0.2) is 0 Å². The third-order valence-corrected chi connectivity index (χ3v) is 4.10. The third kappa shape index (κ3) is 10.6. The second kappa shape index (κ2) is 17.1. The zero-order valence-electron chi connectivity index (χ0n) is 18.5. The predicted molar refractivity (Wildman–Crippen MR) is 105 cm³/mol. The van der Waals surface area contributed by atoms with Gasteiger partial charge in [-0.3, -0.25) is 0 Å².